The third-order valence-electron chi connectivity index (χ3n) is 4.29. The van der Waals surface area contributed by atoms with Gasteiger partial charge in [0.15, 0.2) is 0 Å². The Balaban J connectivity index is 1.69. The Bertz CT molecular complexity index is 563. The Morgan fingerprint density at radius 3 is 2.50 bits per heavy atom. The fourth-order valence-electron chi connectivity index (χ4n) is 2.99. The monoisotopic (exact) mass is 304 g/mol. The minimum Gasteiger partial charge on any atom is -0.497 e. The minimum atomic E-state index is -0.135. The van der Waals surface area contributed by atoms with Gasteiger partial charge in [0.05, 0.1) is 19.1 Å². The fraction of sp³-hybridized carbons (Fsp3) is 0.471. The van der Waals surface area contributed by atoms with Gasteiger partial charge < -0.3 is 18.9 Å². The van der Waals surface area contributed by atoms with Crippen molar-refractivity contribution >= 4 is 5.78 Å². The van der Waals surface area contributed by atoms with Crippen LogP contribution in [0.2, 0.25) is 0 Å². The van der Waals surface area contributed by atoms with Gasteiger partial charge in [-0.25, -0.2) is 0 Å². The number of fused-ring (bicyclic) bond motifs is 1. The van der Waals surface area contributed by atoms with Crippen molar-refractivity contribution < 1.29 is 23.7 Å². The van der Waals surface area contributed by atoms with Gasteiger partial charge in [0, 0.05) is 13.5 Å². The van der Waals surface area contributed by atoms with Crippen LogP contribution in [-0.2, 0) is 14.3 Å². The molecule has 0 bridgehead atoms. The number of carbonyl (C=O) groups is 1. The second kappa shape index (κ2) is 6.40. The van der Waals surface area contributed by atoms with Crippen LogP contribution >= 0.6 is 0 Å². The predicted molar refractivity (Wildman–Crippen MR) is 79.7 cm³/mol. The molecule has 3 rings (SSSR count). The summed E-state index contributed by atoms with van der Waals surface area (Å²) in [6, 6.07) is 7.11. The van der Waals surface area contributed by atoms with Crippen LogP contribution in [0.5, 0.6) is 11.5 Å². The molecule has 3 atom stereocenters. The smallest absolute Gasteiger partial charge is 0.207 e. The molecular weight excluding hydrogens is 284 g/mol. The Kier molecular flexibility index (Phi) is 4.34. The summed E-state index contributed by atoms with van der Waals surface area (Å²) in [6.45, 7) is 0. The van der Waals surface area contributed by atoms with E-state index in [1.165, 1.54) is 6.26 Å². The predicted octanol–water partition coefficient (Wildman–Crippen LogP) is 2.70. The van der Waals surface area contributed by atoms with Crippen molar-refractivity contribution in [2.24, 2.45) is 5.92 Å². The van der Waals surface area contributed by atoms with Gasteiger partial charge in [-0.05, 0) is 37.1 Å². The lowest BCUT2D eigenvalue weighted by molar-refractivity contribution is -0.133. The molecule has 1 saturated carbocycles. The SMILES string of the molecule is COc1ccc(OC2=COC3CC(OC)CCC3C2=O)cc1. The highest BCUT2D eigenvalue weighted by molar-refractivity contribution is 5.96. The van der Waals surface area contributed by atoms with Crippen LogP contribution in [0.4, 0.5) is 0 Å². The van der Waals surface area contributed by atoms with Crippen LogP contribution in [-0.4, -0.2) is 32.2 Å². The Morgan fingerprint density at radius 2 is 1.82 bits per heavy atom. The first-order valence-corrected chi connectivity index (χ1v) is 7.46. The van der Waals surface area contributed by atoms with Crippen LogP contribution in [0.15, 0.2) is 36.3 Å². The molecule has 1 aromatic rings. The molecule has 22 heavy (non-hydrogen) atoms. The summed E-state index contributed by atoms with van der Waals surface area (Å²) < 4.78 is 21.8. The second-order valence-electron chi connectivity index (χ2n) is 5.58. The van der Waals surface area contributed by atoms with E-state index in [0.717, 1.165) is 25.0 Å². The molecule has 1 heterocycles. The summed E-state index contributed by atoms with van der Waals surface area (Å²) in [4.78, 5) is 12.5. The zero-order valence-electron chi connectivity index (χ0n) is 12.8. The van der Waals surface area contributed by atoms with Crippen LogP contribution in [0.25, 0.3) is 0 Å². The molecule has 5 heteroatoms. The van der Waals surface area contributed by atoms with Gasteiger partial charge in [-0.15, -0.1) is 0 Å². The lowest BCUT2D eigenvalue weighted by atomic mass is 9.80. The molecule has 0 radical (unpaired) electrons. The molecule has 0 aromatic heterocycles. The topological polar surface area (TPSA) is 54.0 Å². The molecule has 0 saturated heterocycles. The van der Waals surface area contributed by atoms with E-state index in [1.54, 1.807) is 38.5 Å². The summed E-state index contributed by atoms with van der Waals surface area (Å²) >= 11 is 0. The van der Waals surface area contributed by atoms with Gasteiger partial charge in [-0.3, -0.25) is 4.79 Å². The fourth-order valence-corrected chi connectivity index (χ4v) is 2.99. The van der Waals surface area contributed by atoms with Gasteiger partial charge in [-0.2, -0.15) is 0 Å². The van der Waals surface area contributed by atoms with E-state index < -0.39 is 0 Å². The third-order valence-corrected chi connectivity index (χ3v) is 4.29. The largest absolute Gasteiger partial charge is 0.497 e. The van der Waals surface area contributed by atoms with Crippen LogP contribution < -0.4 is 9.47 Å². The first kappa shape index (κ1) is 14.9. The van der Waals surface area contributed by atoms with Crippen molar-refractivity contribution in [2.75, 3.05) is 14.2 Å². The molecule has 0 N–H and O–H groups in total. The first-order chi connectivity index (χ1) is 10.7. The minimum absolute atomic E-state index is 0.0154. The number of allylic oxidation sites excluding steroid dienone is 1. The van der Waals surface area contributed by atoms with Crippen molar-refractivity contribution in [3.05, 3.63) is 36.3 Å². The van der Waals surface area contributed by atoms with Gasteiger partial charge in [-0.1, -0.05) is 0 Å². The summed E-state index contributed by atoms with van der Waals surface area (Å²) in [6.07, 6.45) is 3.90. The molecular formula is C17H20O5. The molecule has 0 spiro atoms. The zero-order valence-corrected chi connectivity index (χ0v) is 12.8. The molecule has 1 fully saturated rings. The van der Waals surface area contributed by atoms with E-state index in [4.69, 9.17) is 18.9 Å². The van der Waals surface area contributed by atoms with Crippen molar-refractivity contribution in [3.63, 3.8) is 0 Å². The van der Waals surface area contributed by atoms with Crippen molar-refractivity contribution in [1.29, 1.82) is 0 Å². The average molecular weight is 304 g/mol. The van der Waals surface area contributed by atoms with E-state index in [1.807, 2.05) is 0 Å². The molecule has 1 aliphatic heterocycles. The van der Waals surface area contributed by atoms with Crippen LogP contribution in [0.3, 0.4) is 0 Å². The van der Waals surface area contributed by atoms with Crippen LogP contribution in [0.1, 0.15) is 19.3 Å². The highest BCUT2D eigenvalue weighted by Crippen LogP contribution is 2.35. The number of hydrogen-bond donors (Lipinski definition) is 0. The Hall–Kier alpha value is -2.01. The maximum atomic E-state index is 12.5. The van der Waals surface area contributed by atoms with E-state index in [0.29, 0.717) is 5.75 Å². The number of ether oxygens (including phenoxy) is 4. The van der Waals surface area contributed by atoms with Gasteiger partial charge in [0.25, 0.3) is 0 Å². The standard InChI is InChI=1S/C17H20O5/c1-19-11-3-5-12(6-4-11)22-16-10-21-15-9-13(20-2)7-8-14(15)17(16)18/h3-6,10,13-15H,7-9H2,1-2H3. The summed E-state index contributed by atoms with van der Waals surface area (Å²) in [5.41, 5.74) is 0. The number of ketones is 1. The number of hydrogen-bond acceptors (Lipinski definition) is 5. The molecule has 3 unspecified atom stereocenters. The number of benzene rings is 1. The Morgan fingerprint density at radius 1 is 1.09 bits per heavy atom. The Labute approximate surface area is 129 Å². The number of carbonyl (C=O) groups excluding carboxylic acids is 1. The molecule has 2 aliphatic rings. The van der Waals surface area contributed by atoms with Crippen molar-refractivity contribution in [1.82, 2.24) is 0 Å². The number of Topliss-reactive ketones (excluding diaryl/α,β-unsaturated/α-hetero) is 1. The van der Waals surface area contributed by atoms with E-state index in [9.17, 15) is 4.79 Å². The zero-order chi connectivity index (χ0) is 15.5. The quantitative estimate of drug-likeness (QED) is 0.856. The van der Waals surface area contributed by atoms with Crippen LogP contribution in [0, 0.1) is 5.92 Å². The molecule has 1 aromatic carbocycles. The van der Waals surface area contributed by atoms with E-state index >= 15 is 0 Å². The molecule has 0 amide bonds. The molecule has 1 aliphatic carbocycles. The highest BCUT2D eigenvalue weighted by Gasteiger charge is 2.41. The molecule has 118 valence electrons. The lowest BCUT2D eigenvalue weighted by Gasteiger charge is -2.36. The second-order valence-corrected chi connectivity index (χ2v) is 5.58. The summed E-state index contributed by atoms with van der Waals surface area (Å²) in [7, 11) is 3.30. The normalized spacial score (nSPS) is 27.5. The maximum absolute atomic E-state index is 12.5. The summed E-state index contributed by atoms with van der Waals surface area (Å²) in [5, 5.41) is 0. The highest BCUT2D eigenvalue weighted by atomic mass is 16.5. The van der Waals surface area contributed by atoms with Crippen molar-refractivity contribution in [3.8, 4) is 11.5 Å². The van der Waals surface area contributed by atoms with E-state index in [-0.39, 0.29) is 29.7 Å². The summed E-state index contributed by atoms with van der Waals surface area (Å²) in [5.74, 6) is 1.48. The van der Waals surface area contributed by atoms with Gasteiger partial charge >= 0.3 is 0 Å². The van der Waals surface area contributed by atoms with Gasteiger partial charge in [0.1, 0.15) is 23.9 Å². The number of methoxy groups -OCH3 is 2. The first-order valence-electron chi connectivity index (χ1n) is 7.46. The number of rotatable bonds is 4. The third kappa shape index (κ3) is 2.95. The average Bonchev–Trinajstić information content (AvgIpc) is 2.57. The lowest BCUT2D eigenvalue weighted by Crippen LogP contribution is -2.42. The van der Waals surface area contributed by atoms with Gasteiger partial charge in [0.2, 0.25) is 11.5 Å². The van der Waals surface area contributed by atoms with Crippen molar-refractivity contribution in [2.45, 2.75) is 31.5 Å². The molecule has 5 nitrogen and oxygen atoms in total. The van der Waals surface area contributed by atoms with E-state index in [2.05, 4.69) is 0 Å². The maximum Gasteiger partial charge on any atom is 0.207 e.